The highest BCUT2D eigenvalue weighted by molar-refractivity contribution is 8.17. The van der Waals surface area contributed by atoms with Crippen molar-refractivity contribution in [3.05, 3.63) is 34.4 Å². The molecule has 0 atom stereocenters. The van der Waals surface area contributed by atoms with E-state index < -0.39 is 0 Å². The number of halogens is 1. The van der Waals surface area contributed by atoms with Gasteiger partial charge in [-0.25, -0.2) is 0 Å². The molecule has 0 amide bonds. The lowest BCUT2D eigenvalue weighted by Gasteiger charge is -2.11. The third kappa shape index (κ3) is 4.12. The Bertz CT molecular complexity index is 409. The fraction of sp³-hybridized carbons (Fsp3) is 0.200. The van der Waals surface area contributed by atoms with Crippen LogP contribution in [0.2, 0.25) is 0 Å². The largest absolute Gasteiger partial charge is 0.397 e. The summed E-state index contributed by atoms with van der Waals surface area (Å²) in [5.74, 6) is 0. The van der Waals surface area contributed by atoms with Crippen LogP contribution >= 0.6 is 23.4 Å². The van der Waals surface area contributed by atoms with Crippen LogP contribution in [0.25, 0.3) is 0 Å². The molecule has 1 aliphatic heterocycles. The third-order valence-corrected chi connectivity index (χ3v) is 2.81. The number of hydrazone groups is 2. The lowest BCUT2D eigenvalue weighted by Crippen LogP contribution is -2.12. The number of hydrogen-bond donors (Lipinski definition) is 1. The number of nitrogens with two attached hydrogens (primary N) is 1. The molecule has 6 heteroatoms. The van der Waals surface area contributed by atoms with Gasteiger partial charge >= 0.3 is 0 Å². The highest BCUT2D eigenvalue weighted by Crippen LogP contribution is 2.21. The van der Waals surface area contributed by atoms with E-state index in [1.165, 1.54) is 23.1 Å². The van der Waals surface area contributed by atoms with Gasteiger partial charge in [0.25, 0.3) is 0 Å². The highest BCUT2D eigenvalue weighted by atomic mass is 35.5. The Morgan fingerprint density at radius 1 is 1.56 bits per heavy atom. The van der Waals surface area contributed by atoms with Gasteiger partial charge in [-0.3, -0.25) is 0 Å². The maximum atomic E-state index is 5.89. The SMILES string of the molecule is C=C(N)/C1=N/N(C)\N=C/C(Cl)=C/C=C(\C)S1. The minimum absolute atomic E-state index is 0.412. The Morgan fingerprint density at radius 3 is 2.88 bits per heavy atom. The van der Waals surface area contributed by atoms with E-state index in [-0.39, 0.29) is 0 Å². The molecular formula is C10H13ClN4S. The van der Waals surface area contributed by atoms with E-state index in [0.717, 1.165) is 4.91 Å². The molecular weight excluding hydrogens is 244 g/mol. The molecule has 0 saturated carbocycles. The predicted molar refractivity (Wildman–Crippen MR) is 72.3 cm³/mol. The van der Waals surface area contributed by atoms with E-state index in [1.54, 1.807) is 13.1 Å². The average Bonchev–Trinajstić information content (AvgIpc) is 2.21. The molecule has 0 saturated heterocycles. The van der Waals surface area contributed by atoms with Gasteiger partial charge in [0, 0.05) is 7.05 Å². The summed E-state index contributed by atoms with van der Waals surface area (Å²) in [5, 5.41) is 10.8. The van der Waals surface area contributed by atoms with Crippen molar-refractivity contribution < 1.29 is 0 Å². The standard InChI is InChI=1S/C10H13ClN4S/c1-7-4-5-9(11)6-13-15(3)14-10(16-7)8(2)12/h4-6H,2,12H2,1,3H3/b7-4+,9-5-,13-6-,14-10-. The second-order valence-corrected chi connectivity index (χ2v) is 4.77. The minimum atomic E-state index is 0.412. The molecule has 0 aromatic heterocycles. The zero-order valence-electron chi connectivity index (χ0n) is 9.14. The van der Waals surface area contributed by atoms with E-state index in [9.17, 15) is 0 Å². The fourth-order valence-corrected chi connectivity index (χ4v) is 1.71. The van der Waals surface area contributed by atoms with Gasteiger partial charge in [-0.1, -0.05) is 36.0 Å². The molecule has 86 valence electrons. The molecule has 0 spiro atoms. The van der Waals surface area contributed by atoms with Crippen LogP contribution in [0.15, 0.2) is 44.6 Å². The van der Waals surface area contributed by atoms with Gasteiger partial charge < -0.3 is 5.73 Å². The Kier molecular flexibility index (Phi) is 4.64. The Balaban J connectivity index is 3.07. The van der Waals surface area contributed by atoms with E-state index in [0.29, 0.717) is 15.8 Å². The summed E-state index contributed by atoms with van der Waals surface area (Å²) in [5.41, 5.74) is 6.05. The van der Waals surface area contributed by atoms with Crippen LogP contribution in [0.1, 0.15) is 6.92 Å². The van der Waals surface area contributed by atoms with Crippen LogP contribution in [0.3, 0.4) is 0 Å². The normalized spacial score (nSPS) is 29.2. The molecule has 0 fully saturated rings. The van der Waals surface area contributed by atoms with E-state index in [2.05, 4.69) is 16.8 Å². The first-order chi connectivity index (χ1) is 7.49. The molecule has 16 heavy (non-hydrogen) atoms. The molecule has 1 aliphatic rings. The van der Waals surface area contributed by atoms with Crippen molar-refractivity contribution in [2.24, 2.45) is 15.9 Å². The van der Waals surface area contributed by atoms with E-state index in [1.807, 2.05) is 13.0 Å². The van der Waals surface area contributed by atoms with Crippen molar-refractivity contribution in [1.29, 1.82) is 0 Å². The Hall–Kier alpha value is -1.20. The van der Waals surface area contributed by atoms with Gasteiger partial charge in [0.15, 0.2) is 0 Å². The van der Waals surface area contributed by atoms with Crippen LogP contribution in [0.4, 0.5) is 0 Å². The second kappa shape index (κ2) is 5.77. The lowest BCUT2D eigenvalue weighted by atomic mass is 10.4. The van der Waals surface area contributed by atoms with Crippen LogP contribution in [0, 0.1) is 0 Å². The maximum Gasteiger partial charge on any atom is 0.145 e. The Labute approximate surface area is 104 Å². The summed E-state index contributed by atoms with van der Waals surface area (Å²) in [6, 6.07) is 0. The number of nitrogens with zero attached hydrogens (tertiary/aromatic N) is 3. The first-order valence-corrected chi connectivity index (χ1v) is 5.71. The molecule has 2 N–H and O–H groups in total. The minimum Gasteiger partial charge on any atom is -0.397 e. The van der Waals surface area contributed by atoms with Gasteiger partial charge in [-0.05, 0) is 17.9 Å². The number of rotatable bonds is 1. The molecule has 0 radical (unpaired) electrons. The van der Waals surface area contributed by atoms with Crippen molar-refractivity contribution in [1.82, 2.24) is 5.12 Å². The van der Waals surface area contributed by atoms with Crippen LogP contribution < -0.4 is 5.73 Å². The van der Waals surface area contributed by atoms with Gasteiger partial charge in [0.2, 0.25) is 0 Å². The average molecular weight is 257 g/mol. The highest BCUT2D eigenvalue weighted by Gasteiger charge is 2.06. The van der Waals surface area contributed by atoms with Crippen molar-refractivity contribution in [3.63, 3.8) is 0 Å². The maximum absolute atomic E-state index is 5.89. The number of thioether (sulfide) groups is 1. The smallest absolute Gasteiger partial charge is 0.145 e. The van der Waals surface area contributed by atoms with Crippen LogP contribution in [-0.4, -0.2) is 23.4 Å². The van der Waals surface area contributed by atoms with Crippen LogP contribution in [0.5, 0.6) is 0 Å². The zero-order chi connectivity index (χ0) is 12.1. The molecule has 0 bridgehead atoms. The molecule has 4 nitrogen and oxygen atoms in total. The molecule has 0 aromatic carbocycles. The summed E-state index contributed by atoms with van der Waals surface area (Å²) in [6.07, 6.45) is 5.16. The number of allylic oxidation sites excluding steroid dienone is 4. The summed E-state index contributed by atoms with van der Waals surface area (Å²) < 4.78 is 0. The zero-order valence-corrected chi connectivity index (χ0v) is 10.7. The van der Waals surface area contributed by atoms with Crippen molar-refractivity contribution in [2.45, 2.75) is 6.92 Å². The molecule has 0 aliphatic carbocycles. The summed E-state index contributed by atoms with van der Waals surface area (Å²) in [7, 11) is 1.70. The van der Waals surface area contributed by atoms with E-state index in [4.69, 9.17) is 17.3 Å². The molecule has 0 aromatic rings. The molecule has 1 heterocycles. The summed E-state index contributed by atoms with van der Waals surface area (Å²) >= 11 is 7.31. The fourth-order valence-electron chi connectivity index (χ4n) is 0.873. The third-order valence-electron chi connectivity index (χ3n) is 1.59. The van der Waals surface area contributed by atoms with E-state index >= 15 is 0 Å². The van der Waals surface area contributed by atoms with Gasteiger partial charge in [-0.15, -0.1) is 5.10 Å². The number of hydrogen-bond acceptors (Lipinski definition) is 5. The summed E-state index contributed by atoms with van der Waals surface area (Å²) in [4.78, 5) is 1.02. The first kappa shape index (κ1) is 12.9. The molecule has 1 rings (SSSR count). The van der Waals surface area contributed by atoms with Gasteiger partial charge in [0.05, 0.1) is 16.9 Å². The van der Waals surface area contributed by atoms with Crippen LogP contribution in [-0.2, 0) is 0 Å². The summed E-state index contributed by atoms with van der Waals surface area (Å²) in [6.45, 7) is 5.61. The van der Waals surface area contributed by atoms with Crippen molar-refractivity contribution >= 4 is 34.6 Å². The van der Waals surface area contributed by atoms with Crippen molar-refractivity contribution in [2.75, 3.05) is 7.05 Å². The first-order valence-electron chi connectivity index (χ1n) is 4.52. The molecule has 0 unspecified atom stereocenters. The lowest BCUT2D eigenvalue weighted by molar-refractivity contribution is 0.381. The predicted octanol–water partition coefficient (Wildman–Crippen LogP) is 2.46. The Morgan fingerprint density at radius 2 is 2.25 bits per heavy atom. The van der Waals surface area contributed by atoms with Crippen molar-refractivity contribution in [3.8, 4) is 0 Å². The van der Waals surface area contributed by atoms with Gasteiger partial charge in [-0.2, -0.15) is 10.2 Å². The quantitative estimate of drug-likeness (QED) is 0.784. The monoisotopic (exact) mass is 256 g/mol. The topological polar surface area (TPSA) is 54.0 Å². The second-order valence-electron chi connectivity index (χ2n) is 3.10. The van der Waals surface area contributed by atoms with Gasteiger partial charge in [0.1, 0.15) is 5.04 Å².